The molecule has 4 nitrogen and oxygen atoms in total. The predicted molar refractivity (Wildman–Crippen MR) is 103 cm³/mol. The molecule has 0 spiro atoms. The van der Waals surface area contributed by atoms with Crippen molar-refractivity contribution in [2.75, 3.05) is 6.54 Å². The van der Waals surface area contributed by atoms with Crippen molar-refractivity contribution in [3.8, 4) is 22.5 Å². The summed E-state index contributed by atoms with van der Waals surface area (Å²) in [5, 5.41) is 5.27. The second kappa shape index (κ2) is 5.85. The fourth-order valence-corrected chi connectivity index (χ4v) is 3.64. The summed E-state index contributed by atoms with van der Waals surface area (Å²) in [5.41, 5.74) is 5.78. The van der Waals surface area contributed by atoms with E-state index in [1.807, 2.05) is 30.5 Å². The van der Waals surface area contributed by atoms with Crippen molar-refractivity contribution in [2.24, 2.45) is 0 Å². The van der Waals surface area contributed by atoms with Crippen LogP contribution in [0.4, 0.5) is 0 Å². The fraction of sp³-hybridized carbons (Fsp3) is 0.0909. The Bertz CT molecular complexity index is 1140. The molecule has 1 amide bonds. The third-order valence-corrected chi connectivity index (χ3v) is 4.94. The number of nitrogens with one attached hydrogen (secondary N) is 2. The van der Waals surface area contributed by atoms with Crippen LogP contribution in [0.3, 0.4) is 0 Å². The van der Waals surface area contributed by atoms with Gasteiger partial charge in [0.05, 0.1) is 11.3 Å². The third-order valence-electron chi connectivity index (χ3n) is 4.94. The number of carbonyl (C=O) groups excluding carboxylic acids is 1. The lowest BCUT2D eigenvalue weighted by atomic mass is 10.0. The molecule has 0 saturated heterocycles. The molecule has 26 heavy (non-hydrogen) atoms. The Morgan fingerprint density at radius 1 is 0.923 bits per heavy atom. The number of H-pyrrole nitrogens is 1. The molecule has 5 rings (SSSR count). The highest BCUT2D eigenvalue weighted by Gasteiger charge is 2.20. The molecule has 2 aromatic heterocycles. The summed E-state index contributed by atoms with van der Waals surface area (Å²) < 4.78 is 0. The van der Waals surface area contributed by atoms with Gasteiger partial charge in [-0.15, -0.1) is 0 Å². The zero-order chi connectivity index (χ0) is 17.5. The first-order chi connectivity index (χ1) is 12.8. The van der Waals surface area contributed by atoms with Crippen LogP contribution in [0.15, 0.2) is 66.9 Å². The minimum Gasteiger partial charge on any atom is -0.358 e. The van der Waals surface area contributed by atoms with Crippen LogP contribution < -0.4 is 5.32 Å². The average molecular weight is 339 g/mol. The normalized spacial score (nSPS) is 13.5. The number of amides is 1. The van der Waals surface area contributed by atoms with E-state index in [9.17, 15) is 4.79 Å². The van der Waals surface area contributed by atoms with Gasteiger partial charge >= 0.3 is 0 Å². The highest BCUT2D eigenvalue weighted by molar-refractivity contribution is 5.98. The third kappa shape index (κ3) is 2.39. The zero-order valence-electron chi connectivity index (χ0n) is 14.1. The van der Waals surface area contributed by atoms with Crippen LogP contribution in [-0.2, 0) is 6.42 Å². The Kier molecular flexibility index (Phi) is 3.35. The summed E-state index contributed by atoms with van der Waals surface area (Å²) in [6.45, 7) is 0.684. The number of hydrogen-bond acceptors (Lipinski definition) is 2. The number of aromatic nitrogens is 2. The van der Waals surface area contributed by atoms with E-state index >= 15 is 0 Å². The van der Waals surface area contributed by atoms with E-state index < -0.39 is 0 Å². The van der Waals surface area contributed by atoms with Crippen LogP contribution in [-0.4, -0.2) is 22.4 Å². The summed E-state index contributed by atoms with van der Waals surface area (Å²) in [7, 11) is 0. The molecule has 1 aliphatic heterocycles. The summed E-state index contributed by atoms with van der Waals surface area (Å²) in [4.78, 5) is 20.0. The first-order valence-corrected chi connectivity index (χ1v) is 8.74. The molecule has 126 valence electrons. The van der Waals surface area contributed by atoms with Gasteiger partial charge in [0.25, 0.3) is 5.91 Å². The Balaban J connectivity index is 1.63. The van der Waals surface area contributed by atoms with Gasteiger partial charge < -0.3 is 10.3 Å². The first-order valence-electron chi connectivity index (χ1n) is 8.74. The molecule has 3 heterocycles. The lowest BCUT2D eigenvalue weighted by Gasteiger charge is -2.11. The van der Waals surface area contributed by atoms with Crippen LogP contribution in [0.1, 0.15) is 16.1 Å². The molecule has 0 bridgehead atoms. The number of benzene rings is 2. The van der Waals surface area contributed by atoms with Gasteiger partial charge in [0, 0.05) is 41.7 Å². The van der Waals surface area contributed by atoms with E-state index in [1.165, 1.54) is 10.8 Å². The van der Waals surface area contributed by atoms with Gasteiger partial charge in [0.2, 0.25) is 0 Å². The standard InChI is InChI=1S/C22H17N3O/c26-22-18-13-20(25-19(18)9-11-24-22)15-8-10-23-21(12-15)17-7-3-5-14-4-1-2-6-16(14)17/h1-8,10,12-13,25H,9,11H2,(H,24,26). The van der Waals surface area contributed by atoms with E-state index in [2.05, 4.69) is 51.7 Å². The Labute approximate surface area is 150 Å². The van der Waals surface area contributed by atoms with Crippen molar-refractivity contribution in [3.63, 3.8) is 0 Å². The maximum Gasteiger partial charge on any atom is 0.253 e. The zero-order valence-corrected chi connectivity index (χ0v) is 14.1. The Morgan fingerprint density at radius 2 is 1.81 bits per heavy atom. The molecule has 0 atom stereocenters. The molecule has 0 saturated carbocycles. The van der Waals surface area contributed by atoms with Crippen molar-refractivity contribution >= 4 is 16.7 Å². The number of fused-ring (bicyclic) bond motifs is 2. The topological polar surface area (TPSA) is 57.8 Å². The van der Waals surface area contributed by atoms with Crippen molar-refractivity contribution < 1.29 is 4.79 Å². The number of pyridine rings is 1. The van der Waals surface area contributed by atoms with E-state index in [1.54, 1.807) is 0 Å². The molecule has 0 unspecified atom stereocenters. The summed E-state index contributed by atoms with van der Waals surface area (Å²) in [6.07, 6.45) is 2.66. The second-order valence-electron chi connectivity index (χ2n) is 6.54. The molecule has 2 aromatic carbocycles. The number of rotatable bonds is 2. The first kappa shape index (κ1) is 14.9. The van der Waals surface area contributed by atoms with Crippen LogP contribution >= 0.6 is 0 Å². The lowest BCUT2D eigenvalue weighted by Crippen LogP contribution is -2.31. The molecular weight excluding hydrogens is 322 g/mol. The molecule has 0 aliphatic carbocycles. The quantitative estimate of drug-likeness (QED) is 0.575. The molecular formula is C22H17N3O. The number of hydrogen-bond donors (Lipinski definition) is 2. The lowest BCUT2D eigenvalue weighted by molar-refractivity contribution is 0.0946. The smallest absolute Gasteiger partial charge is 0.253 e. The largest absolute Gasteiger partial charge is 0.358 e. The van der Waals surface area contributed by atoms with Crippen molar-refractivity contribution in [3.05, 3.63) is 78.1 Å². The van der Waals surface area contributed by atoms with E-state index in [0.717, 1.165) is 40.2 Å². The van der Waals surface area contributed by atoms with Crippen molar-refractivity contribution in [1.29, 1.82) is 0 Å². The molecule has 4 aromatic rings. The number of carbonyl (C=O) groups is 1. The molecule has 0 fully saturated rings. The predicted octanol–water partition coefficient (Wildman–Crippen LogP) is 4.18. The van der Waals surface area contributed by atoms with Crippen LogP contribution in [0.5, 0.6) is 0 Å². The SMILES string of the molecule is O=C1NCCc2[nH]c(-c3ccnc(-c4cccc5ccccc45)c3)cc21. The summed E-state index contributed by atoms with van der Waals surface area (Å²) in [6, 6.07) is 20.6. The van der Waals surface area contributed by atoms with Crippen molar-refractivity contribution in [2.45, 2.75) is 6.42 Å². The van der Waals surface area contributed by atoms with E-state index in [4.69, 9.17) is 0 Å². The maximum absolute atomic E-state index is 12.0. The Hall–Kier alpha value is -3.40. The average Bonchev–Trinajstić information content (AvgIpc) is 3.14. The molecule has 0 radical (unpaired) electrons. The van der Waals surface area contributed by atoms with Crippen molar-refractivity contribution in [1.82, 2.24) is 15.3 Å². The van der Waals surface area contributed by atoms with Crippen LogP contribution in [0, 0.1) is 0 Å². The maximum atomic E-state index is 12.0. The minimum absolute atomic E-state index is 0.00270. The molecule has 4 heteroatoms. The van der Waals surface area contributed by atoms with Gasteiger partial charge in [-0.1, -0.05) is 42.5 Å². The van der Waals surface area contributed by atoms with Gasteiger partial charge in [-0.25, -0.2) is 0 Å². The second-order valence-corrected chi connectivity index (χ2v) is 6.54. The monoisotopic (exact) mass is 339 g/mol. The van der Waals surface area contributed by atoms with Gasteiger partial charge in [-0.3, -0.25) is 9.78 Å². The summed E-state index contributed by atoms with van der Waals surface area (Å²) >= 11 is 0. The minimum atomic E-state index is -0.00270. The number of nitrogens with zero attached hydrogens (tertiary/aromatic N) is 1. The van der Waals surface area contributed by atoms with Crippen LogP contribution in [0.2, 0.25) is 0 Å². The van der Waals surface area contributed by atoms with Gasteiger partial charge in [-0.2, -0.15) is 0 Å². The highest BCUT2D eigenvalue weighted by atomic mass is 16.1. The van der Waals surface area contributed by atoms with Gasteiger partial charge in [0.1, 0.15) is 0 Å². The Morgan fingerprint density at radius 3 is 2.73 bits per heavy atom. The van der Waals surface area contributed by atoms with Gasteiger partial charge in [-0.05, 0) is 29.0 Å². The van der Waals surface area contributed by atoms with Crippen LogP contribution in [0.25, 0.3) is 33.3 Å². The molecule has 1 aliphatic rings. The van der Waals surface area contributed by atoms with Gasteiger partial charge in [0.15, 0.2) is 0 Å². The number of aromatic amines is 1. The highest BCUT2D eigenvalue weighted by Crippen LogP contribution is 2.30. The van der Waals surface area contributed by atoms with E-state index in [0.29, 0.717) is 6.54 Å². The fourth-order valence-electron chi connectivity index (χ4n) is 3.64. The summed E-state index contributed by atoms with van der Waals surface area (Å²) in [5.74, 6) is -0.00270. The van der Waals surface area contributed by atoms with E-state index in [-0.39, 0.29) is 5.91 Å². The molecule has 2 N–H and O–H groups in total.